The maximum Gasteiger partial charge on any atom is 0.330 e. The number of aliphatic hydroxyl groups is 1. The van der Waals surface area contributed by atoms with E-state index in [1.165, 1.54) is 10.7 Å². The number of phenols is 1. The Bertz CT molecular complexity index is 1150. The zero-order valence-corrected chi connectivity index (χ0v) is 20.7. The molecule has 1 fully saturated rings. The average Bonchev–Trinajstić information content (AvgIpc) is 3.00. The van der Waals surface area contributed by atoms with Gasteiger partial charge in [0.1, 0.15) is 33.0 Å². The number of anilines is 1. The summed E-state index contributed by atoms with van der Waals surface area (Å²) in [7, 11) is -0.537. The van der Waals surface area contributed by atoms with Crippen molar-refractivity contribution < 1.29 is 33.4 Å². The van der Waals surface area contributed by atoms with E-state index in [2.05, 4.69) is 0 Å². The Morgan fingerprint density at radius 2 is 2.00 bits per heavy atom. The lowest BCUT2D eigenvalue weighted by Crippen LogP contribution is -2.43. The Hall–Kier alpha value is -2.79. The molecule has 0 saturated carbocycles. The van der Waals surface area contributed by atoms with Crippen molar-refractivity contribution in [3.05, 3.63) is 57.4 Å². The Balaban J connectivity index is 1.75. The van der Waals surface area contributed by atoms with Crippen LogP contribution in [0, 0.1) is 0 Å². The average molecular weight is 513 g/mol. The van der Waals surface area contributed by atoms with Gasteiger partial charge in [0.25, 0.3) is 5.56 Å². The number of aromatic hydroxyl groups is 1. The van der Waals surface area contributed by atoms with Crippen LogP contribution in [0.25, 0.3) is 0 Å². The molecule has 13 heteroatoms. The minimum absolute atomic E-state index is 0.0845. The molecule has 6 unspecified atom stereocenters. The van der Waals surface area contributed by atoms with Gasteiger partial charge >= 0.3 is 11.7 Å². The maximum absolute atomic E-state index is 15.4. The number of carbonyl (C=O) groups is 1. The molecule has 0 amide bonds. The number of carbonyl (C=O) groups excluding carboxylic acids is 1. The number of H-pyrrole nitrogens is 1. The van der Waals surface area contributed by atoms with E-state index >= 15 is 4.39 Å². The Morgan fingerprint density at radius 3 is 2.63 bits per heavy atom. The molecule has 1 aromatic carbocycles. The van der Waals surface area contributed by atoms with Crippen molar-refractivity contribution in [2.45, 2.75) is 63.9 Å². The molecule has 2 heterocycles. The molecule has 1 aliphatic rings. The second kappa shape index (κ2) is 10.9. The van der Waals surface area contributed by atoms with E-state index in [0.29, 0.717) is 5.69 Å². The first-order chi connectivity index (χ1) is 16.4. The molecular formula is C22H29FN3O8P. The Kier molecular flexibility index (Phi) is 8.32. The molecule has 1 aliphatic heterocycles. The second-order valence-corrected chi connectivity index (χ2v) is 9.52. The number of halogens is 1. The third-order valence-corrected chi connectivity index (χ3v) is 6.57. The number of rotatable bonds is 9. The molecule has 0 bridgehead atoms. The highest BCUT2D eigenvalue weighted by Crippen LogP contribution is 2.42. The van der Waals surface area contributed by atoms with E-state index in [9.17, 15) is 24.6 Å². The SMILES string of the molecule is CC(C)OC(=O)C(C)N(POCC1OC(n2ccc(=O)[nH]c2=O)C(C)(F)C1O)c1ccccc1O. The van der Waals surface area contributed by atoms with Crippen LogP contribution in [0.3, 0.4) is 0 Å². The third-order valence-electron chi connectivity index (χ3n) is 5.45. The summed E-state index contributed by atoms with van der Waals surface area (Å²) in [5.74, 6) is -0.621. The van der Waals surface area contributed by atoms with Crippen LogP contribution in [-0.4, -0.2) is 62.4 Å². The van der Waals surface area contributed by atoms with Gasteiger partial charge in [0.05, 0.1) is 18.4 Å². The first-order valence-corrected chi connectivity index (χ1v) is 11.8. The quantitative estimate of drug-likeness (QED) is 0.337. The van der Waals surface area contributed by atoms with Crippen LogP contribution >= 0.6 is 8.96 Å². The summed E-state index contributed by atoms with van der Waals surface area (Å²) < 4.78 is 34.3. The molecule has 35 heavy (non-hydrogen) atoms. The highest BCUT2D eigenvalue weighted by molar-refractivity contribution is 7.34. The van der Waals surface area contributed by atoms with Gasteiger partial charge in [0.15, 0.2) is 11.9 Å². The molecule has 6 atom stereocenters. The number of benzene rings is 1. The van der Waals surface area contributed by atoms with Crippen molar-refractivity contribution in [3.8, 4) is 5.75 Å². The lowest BCUT2D eigenvalue weighted by Gasteiger charge is -2.30. The number of aromatic amines is 1. The van der Waals surface area contributed by atoms with Gasteiger partial charge in [0.2, 0.25) is 0 Å². The van der Waals surface area contributed by atoms with E-state index in [0.717, 1.165) is 23.8 Å². The lowest BCUT2D eigenvalue weighted by molar-refractivity contribution is -0.148. The fourth-order valence-corrected chi connectivity index (χ4v) is 4.52. The molecule has 3 N–H and O–H groups in total. The summed E-state index contributed by atoms with van der Waals surface area (Å²) in [5, 5.41) is 20.8. The molecular weight excluding hydrogens is 484 g/mol. The highest BCUT2D eigenvalue weighted by Gasteiger charge is 2.55. The van der Waals surface area contributed by atoms with Crippen LogP contribution in [0.2, 0.25) is 0 Å². The molecule has 0 spiro atoms. The van der Waals surface area contributed by atoms with Gasteiger partial charge in [-0.15, -0.1) is 0 Å². The zero-order valence-electron chi connectivity index (χ0n) is 19.7. The number of nitrogens with zero attached hydrogens (tertiary/aromatic N) is 2. The monoisotopic (exact) mass is 513 g/mol. The number of aromatic nitrogens is 2. The van der Waals surface area contributed by atoms with Gasteiger partial charge in [-0.25, -0.2) is 14.0 Å². The second-order valence-electron chi connectivity index (χ2n) is 8.56. The number of alkyl halides is 1. The van der Waals surface area contributed by atoms with Gasteiger partial charge in [-0.2, -0.15) is 0 Å². The van der Waals surface area contributed by atoms with E-state index < -0.39 is 56.3 Å². The van der Waals surface area contributed by atoms with Crippen LogP contribution in [0.5, 0.6) is 5.75 Å². The smallest absolute Gasteiger partial charge is 0.330 e. The predicted octanol–water partition coefficient (Wildman–Crippen LogP) is 1.60. The van der Waals surface area contributed by atoms with Crippen LogP contribution in [-0.2, 0) is 18.8 Å². The molecule has 3 rings (SSSR count). The summed E-state index contributed by atoms with van der Waals surface area (Å²) >= 11 is 0. The topological polar surface area (TPSA) is 143 Å². The Labute approximate surface area is 202 Å². The van der Waals surface area contributed by atoms with Crippen molar-refractivity contribution in [1.29, 1.82) is 0 Å². The Morgan fingerprint density at radius 1 is 1.31 bits per heavy atom. The summed E-state index contributed by atoms with van der Waals surface area (Å²) in [6.07, 6.45) is -3.59. The van der Waals surface area contributed by atoms with Crippen molar-refractivity contribution in [1.82, 2.24) is 9.55 Å². The van der Waals surface area contributed by atoms with Crippen molar-refractivity contribution in [2.75, 3.05) is 11.3 Å². The highest BCUT2D eigenvalue weighted by atomic mass is 31.1. The lowest BCUT2D eigenvalue weighted by atomic mass is 9.98. The van der Waals surface area contributed by atoms with E-state index in [1.807, 2.05) is 4.98 Å². The largest absolute Gasteiger partial charge is 0.506 e. The van der Waals surface area contributed by atoms with Gasteiger partial charge in [-0.05, 0) is 39.8 Å². The van der Waals surface area contributed by atoms with E-state index in [-0.39, 0.29) is 18.5 Å². The van der Waals surface area contributed by atoms with E-state index in [4.69, 9.17) is 14.0 Å². The number of phenolic OH excluding ortho intramolecular Hbond substituents is 1. The summed E-state index contributed by atoms with van der Waals surface area (Å²) in [4.78, 5) is 38.0. The number of ether oxygens (including phenoxy) is 2. The summed E-state index contributed by atoms with van der Waals surface area (Å²) in [5.41, 5.74) is -3.59. The molecule has 1 aromatic heterocycles. The van der Waals surface area contributed by atoms with Crippen molar-refractivity contribution >= 4 is 20.6 Å². The van der Waals surface area contributed by atoms with Gasteiger partial charge < -0.3 is 28.9 Å². The van der Waals surface area contributed by atoms with Crippen molar-refractivity contribution in [2.24, 2.45) is 0 Å². The minimum Gasteiger partial charge on any atom is -0.506 e. The van der Waals surface area contributed by atoms with E-state index in [1.54, 1.807) is 39.0 Å². The van der Waals surface area contributed by atoms with Crippen LogP contribution in [0.15, 0.2) is 46.1 Å². The number of aliphatic hydroxyl groups excluding tert-OH is 1. The molecule has 2 aromatic rings. The molecule has 11 nitrogen and oxygen atoms in total. The fourth-order valence-electron chi connectivity index (χ4n) is 3.59. The first kappa shape index (κ1) is 26.8. The van der Waals surface area contributed by atoms with Gasteiger partial charge in [-0.1, -0.05) is 12.1 Å². The third kappa shape index (κ3) is 5.90. The van der Waals surface area contributed by atoms with Crippen LogP contribution < -0.4 is 15.9 Å². The molecule has 0 aliphatic carbocycles. The van der Waals surface area contributed by atoms with Gasteiger partial charge in [-0.3, -0.25) is 14.3 Å². The number of para-hydroxylation sites is 2. The minimum atomic E-state index is -2.37. The number of hydrogen-bond acceptors (Lipinski definition) is 9. The normalized spacial score (nSPS) is 25.3. The standard InChI is InChI=1S/C22H29FN3O8P/c1-12(2)33-19(30)13(3)26(14-7-5-6-8-15(14)27)35-32-11-16-18(29)22(4,23)20(34-16)25-10-9-17(28)24-21(25)31/h5-10,12-13,16,18,20,27,29,35H,11H2,1-4H3,(H,24,28,31). The zero-order chi connectivity index (χ0) is 25.9. The number of esters is 1. The van der Waals surface area contributed by atoms with Crippen LogP contribution in [0.4, 0.5) is 10.1 Å². The molecule has 1 saturated heterocycles. The predicted molar refractivity (Wildman–Crippen MR) is 126 cm³/mol. The van der Waals surface area contributed by atoms with Crippen molar-refractivity contribution in [3.63, 3.8) is 0 Å². The van der Waals surface area contributed by atoms with Gasteiger partial charge in [0, 0.05) is 12.3 Å². The summed E-state index contributed by atoms with van der Waals surface area (Å²) in [6, 6.07) is 6.57. The molecule has 0 radical (unpaired) electrons. The number of nitrogens with one attached hydrogen (secondary N) is 1. The fraction of sp³-hybridized carbons (Fsp3) is 0.500. The summed E-state index contributed by atoms with van der Waals surface area (Å²) in [6.45, 7) is 5.81. The first-order valence-electron chi connectivity index (χ1n) is 10.9. The van der Waals surface area contributed by atoms with Crippen LogP contribution in [0.1, 0.15) is 33.9 Å². The molecule has 192 valence electrons. The maximum atomic E-state index is 15.4. The number of hydrogen-bond donors (Lipinski definition) is 3.